The molecule has 2 aromatic rings. The highest BCUT2D eigenvalue weighted by molar-refractivity contribution is 6.00. The van der Waals surface area contributed by atoms with Crippen LogP contribution in [0.1, 0.15) is 17.5 Å². The molecule has 3 rings (SSSR count). The molecule has 1 fully saturated rings. The summed E-state index contributed by atoms with van der Waals surface area (Å²) in [6.45, 7) is 0.254. The second-order valence-corrected chi connectivity index (χ2v) is 6.09. The van der Waals surface area contributed by atoms with Gasteiger partial charge in [0, 0.05) is 18.7 Å². The summed E-state index contributed by atoms with van der Waals surface area (Å²) in [4.78, 5) is 25.8. The smallest absolute Gasteiger partial charge is 0.312 e. The van der Waals surface area contributed by atoms with Gasteiger partial charge in [0.1, 0.15) is 0 Å². The van der Waals surface area contributed by atoms with Crippen LogP contribution in [0.5, 0.6) is 0 Å². The molecule has 0 aliphatic carbocycles. The maximum absolute atomic E-state index is 12.5. The van der Waals surface area contributed by atoms with Gasteiger partial charge in [-0.1, -0.05) is 30.3 Å². The Morgan fingerprint density at radius 3 is 2.41 bits per heavy atom. The molecule has 0 saturated carbocycles. The molecule has 1 N–H and O–H groups in total. The number of halogens is 3. The van der Waals surface area contributed by atoms with Crippen molar-refractivity contribution in [3.8, 4) is 0 Å². The summed E-state index contributed by atoms with van der Waals surface area (Å²) in [5.74, 6) is -1.10. The standard InChI is InChI=1S/C19H16F3N3O2/c20-19(21,22)15-8-6-13(7-9-15)11-23-24-18(27)14-10-17(26)25(12-14)16-4-2-1-3-5-16/h1-9,11,14H,10,12H2,(H,24,27)/b23-11-/t14-/m1/s1. The van der Waals surface area contributed by atoms with Crippen LogP contribution in [0, 0.1) is 5.92 Å². The minimum atomic E-state index is -4.40. The van der Waals surface area contributed by atoms with Gasteiger partial charge in [-0.15, -0.1) is 0 Å². The van der Waals surface area contributed by atoms with Crippen molar-refractivity contribution in [1.82, 2.24) is 5.43 Å². The van der Waals surface area contributed by atoms with Crippen molar-refractivity contribution in [2.75, 3.05) is 11.4 Å². The maximum atomic E-state index is 12.5. The normalized spacial score (nSPS) is 17.5. The molecule has 1 saturated heterocycles. The van der Waals surface area contributed by atoms with Crippen LogP contribution in [0.4, 0.5) is 18.9 Å². The Balaban J connectivity index is 1.57. The fraction of sp³-hybridized carbons (Fsp3) is 0.211. The summed E-state index contributed by atoms with van der Waals surface area (Å²) in [5.41, 5.74) is 2.73. The van der Waals surface area contributed by atoms with Crippen molar-refractivity contribution in [3.63, 3.8) is 0 Å². The van der Waals surface area contributed by atoms with Gasteiger partial charge in [0.05, 0.1) is 17.7 Å². The number of para-hydroxylation sites is 1. The van der Waals surface area contributed by atoms with Crippen LogP contribution in [0.15, 0.2) is 59.7 Å². The van der Waals surface area contributed by atoms with Crippen LogP contribution in [-0.2, 0) is 15.8 Å². The van der Waals surface area contributed by atoms with Crippen molar-refractivity contribution < 1.29 is 22.8 Å². The van der Waals surface area contributed by atoms with Gasteiger partial charge in [-0.3, -0.25) is 9.59 Å². The van der Waals surface area contributed by atoms with Crippen molar-refractivity contribution in [1.29, 1.82) is 0 Å². The Bertz CT molecular complexity index is 849. The molecule has 1 atom stereocenters. The molecule has 1 aliphatic heterocycles. The Morgan fingerprint density at radius 1 is 1.11 bits per heavy atom. The molecule has 27 heavy (non-hydrogen) atoms. The summed E-state index contributed by atoms with van der Waals surface area (Å²) >= 11 is 0. The van der Waals surface area contributed by atoms with Gasteiger partial charge in [-0.2, -0.15) is 18.3 Å². The van der Waals surface area contributed by atoms with Gasteiger partial charge in [0.15, 0.2) is 0 Å². The lowest BCUT2D eigenvalue weighted by Gasteiger charge is -2.16. The van der Waals surface area contributed by atoms with E-state index in [0.29, 0.717) is 5.56 Å². The molecule has 0 spiro atoms. The fourth-order valence-electron chi connectivity index (χ4n) is 2.76. The molecule has 1 heterocycles. The number of benzene rings is 2. The maximum Gasteiger partial charge on any atom is 0.416 e. The predicted octanol–water partition coefficient (Wildman–Crippen LogP) is 3.21. The molecule has 0 bridgehead atoms. The Hall–Kier alpha value is -3.16. The minimum absolute atomic E-state index is 0.0799. The van der Waals surface area contributed by atoms with Crippen molar-refractivity contribution in [2.45, 2.75) is 12.6 Å². The zero-order valence-corrected chi connectivity index (χ0v) is 14.1. The van der Waals surface area contributed by atoms with E-state index in [1.807, 2.05) is 18.2 Å². The van der Waals surface area contributed by atoms with Crippen LogP contribution in [0.2, 0.25) is 0 Å². The Morgan fingerprint density at radius 2 is 1.78 bits per heavy atom. The first kappa shape index (κ1) is 18.6. The zero-order chi connectivity index (χ0) is 19.4. The van der Waals surface area contributed by atoms with E-state index in [2.05, 4.69) is 10.5 Å². The number of rotatable bonds is 4. The lowest BCUT2D eigenvalue weighted by Crippen LogP contribution is -2.30. The predicted molar refractivity (Wildman–Crippen MR) is 94.1 cm³/mol. The molecule has 0 unspecified atom stereocenters. The third-order valence-electron chi connectivity index (χ3n) is 4.19. The van der Waals surface area contributed by atoms with Crippen molar-refractivity contribution in [2.24, 2.45) is 11.0 Å². The number of nitrogens with zero attached hydrogens (tertiary/aromatic N) is 2. The Labute approximate surface area is 153 Å². The van der Waals surface area contributed by atoms with Gasteiger partial charge in [-0.25, -0.2) is 5.43 Å². The van der Waals surface area contributed by atoms with Crippen LogP contribution in [0.3, 0.4) is 0 Å². The van der Waals surface area contributed by atoms with Gasteiger partial charge < -0.3 is 4.90 Å². The highest BCUT2D eigenvalue weighted by atomic mass is 19.4. The number of anilines is 1. The number of amides is 2. The summed E-state index contributed by atoms with van der Waals surface area (Å²) in [7, 11) is 0. The van der Waals surface area contributed by atoms with E-state index in [4.69, 9.17) is 0 Å². The molecule has 2 amide bonds. The number of alkyl halides is 3. The minimum Gasteiger partial charge on any atom is -0.312 e. The highest BCUT2D eigenvalue weighted by Gasteiger charge is 2.35. The SMILES string of the molecule is O=C(N/N=C\c1ccc(C(F)(F)F)cc1)[C@@H]1CC(=O)N(c2ccccc2)C1. The molecule has 0 radical (unpaired) electrons. The molecular weight excluding hydrogens is 359 g/mol. The molecular formula is C19H16F3N3O2. The van der Waals surface area contributed by atoms with E-state index < -0.39 is 23.6 Å². The molecule has 140 valence electrons. The number of nitrogens with one attached hydrogen (secondary N) is 1. The van der Waals surface area contributed by atoms with Gasteiger partial charge in [0.25, 0.3) is 0 Å². The summed E-state index contributed by atoms with van der Waals surface area (Å²) in [5, 5.41) is 3.77. The first-order chi connectivity index (χ1) is 12.8. The lowest BCUT2D eigenvalue weighted by atomic mass is 10.1. The van der Waals surface area contributed by atoms with Crippen molar-refractivity contribution >= 4 is 23.7 Å². The number of hydrogen-bond acceptors (Lipinski definition) is 3. The van der Waals surface area contributed by atoms with E-state index in [1.165, 1.54) is 18.3 Å². The van der Waals surface area contributed by atoms with Crippen LogP contribution in [0.25, 0.3) is 0 Å². The number of hydrogen-bond donors (Lipinski definition) is 1. The van der Waals surface area contributed by atoms with E-state index in [0.717, 1.165) is 17.8 Å². The van der Waals surface area contributed by atoms with E-state index in [-0.39, 0.29) is 18.9 Å². The van der Waals surface area contributed by atoms with Crippen molar-refractivity contribution in [3.05, 3.63) is 65.7 Å². The third kappa shape index (κ3) is 4.52. The monoisotopic (exact) mass is 375 g/mol. The highest BCUT2D eigenvalue weighted by Crippen LogP contribution is 2.29. The van der Waals surface area contributed by atoms with E-state index in [1.54, 1.807) is 17.0 Å². The first-order valence-electron chi connectivity index (χ1n) is 8.20. The van der Waals surface area contributed by atoms with Gasteiger partial charge >= 0.3 is 6.18 Å². The third-order valence-corrected chi connectivity index (χ3v) is 4.19. The van der Waals surface area contributed by atoms with Gasteiger partial charge in [0.2, 0.25) is 11.8 Å². The molecule has 0 aromatic heterocycles. The number of hydrazone groups is 1. The average molecular weight is 375 g/mol. The average Bonchev–Trinajstić information content (AvgIpc) is 3.04. The zero-order valence-electron chi connectivity index (χ0n) is 14.1. The van der Waals surface area contributed by atoms with E-state index in [9.17, 15) is 22.8 Å². The van der Waals surface area contributed by atoms with Gasteiger partial charge in [-0.05, 0) is 29.8 Å². The molecule has 2 aromatic carbocycles. The van der Waals surface area contributed by atoms with Crippen LogP contribution < -0.4 is 10.3 Å². The lowest BCUT2D eigenvalue weighted by molar-refractivity contribution is -0.137. The first-order valence-corrected chi connectivity index (χ1v) is 8.20. The topological polar surface area (TPSA) is 61.8 Å². The second-order valence-electron chi connectivity index (χ2n) is 6.09. The fourth-order valence-corrected chi connectivity index (χ4v) is 2.76. The largest absolute Gasteiger partial charge is 0.416 e. The summed E-state index contributed by atoms with van der Waals surface area (Å²) < 4.78 is 37.5. The van der Waals surface area contributed by atoms with E-state index >= 15 is 0 Å². The second kappa shape index (κ2) is 7.61. The molecule has 5 nitrogen and oxygen atoms in total. The molecule has 1 aliphatic rings. The number of carbonyl (C=O) groups is 2. The summed E-state index contributed by atoms with van der Waals surface area (Å²) in [6.07, 6.45) is -3.07. The Kier molecular flexibility index (Phi) is 5.25. The van der Waals surface area contributed by atoms with Crippen LogP contribution >= 0.6 is 0 Å². The quantitative estimate of drug-likeness (QED) is 0.659. The van der Waals surface area contributed by atoms with Crippen LogP contribution in [-0.4, -0.2) is 24.6 Å². The summed E-state index contributed by atoms with van der Waals surface area (Å²) in [6, 6.07) is 13.4. The number of carbonyl (C=O) groups excluding carboxylic acids is 2. The molecule has 8 heteroatoms.